The molecule has 5 heteroatoms. The third kappa shape index (κ3) is 3.84. The number of nitrogens with one attached hydrogen (secondary N) is 2. The summed E-state index contributed by atoms with van der Waals surface area (Å²) in [5, 5.41) is 6.82. The third-order valence-electron chi connectivity index (χ3n) is 4.19. The fourth-order valence-electron chi connectivity index (χ4n) is 2.68. The van der Waals surface area contributed by atoms with E-state index in [9.17, 15) is 0 Å². The van der Waals surface area contributed by atoms with Gasteiger partial charge in [-0.15, -0.1) is 0 Å². The van der Waals surface area contributed by atoms with Crippen LogP contribution in [0.15, 0.2) is 6.07 Å². The van der Waals surface area contributed by atoms with Crippen LogP contribution in [0, 0.1) is 0 Å². The van der Waals surface area contributed by atoms with Crippen molar-refractivity contribution in [1.29, 1.82) is 0 Å². The Morgan fingerprint density at radius 2 is 2.05 bits per heavy atom. The first-order chi connectivity index (χ1) is 10.2. The maximum Gasteiger partial charge on any atom is 0.136 e. The lowest BCUT2D eigenvalue weighted by Gasteiger charge is -2.24. The van der Waals surface area contributed by atoms with Crippen molar-refractivity contribution in [1.82, 2.24) is 9.97 Å². The van der Waals surface area contributed by atoms with E-state index in [1.165, 1.54) is 12.8 Å². The molecule has 2 heterocycles. The van der Waals surface area contributed by atoms with Crippen LogP contribution in [0.1, 0.15) is 57.7 Å². The number of aromatic nitrogens is 2. The van der Waals surface area contributed by atoms with Crippen molar-refractivity contribution < 1.29 is 4.74 Å². The van der Waals surface area contributed by atoms with E-state index >= 15 is 0 Å². The standard InChI is InChI=1S/C16H26N4O/c1-3-8-17-13-10-14(20-15(19-13)12-5-6-12)18-11-16(2)7-4-9-21-16/h10,12H,3-9,11H2,1-2H3,(H2,17,18,19,20). The average molecular weight is 290 g/mol. The van der Waals surface area contributed by atoms with Gasteiger partial charge in [-0.1, -0.05) is 6.92 Å². The van der Waals surface area contributed by atoms with E-state index in [0.29, 0.717) is 5.92 Å². The van der Waals surface area contributed by atoms with Crippen LogP contribution >= 0.6 is 0 Å². The Kier molecular flexibility index (Phi) is 4.29. The van der Waals surface area contributed by atoms with Crippen LogP contribution in [0.5, 0.6) is 0 Å². The molecule has 2 fully saturated rings. The second kappa shape index (κ2) is 6.18. The summed E-state index contributed by atoms with van der Waals surface area (Å²) in [7, 11) is 0. The molecule has 1 saturated heterocycles. The number of anilines is 2. The molecule has 0 amide bonds. The Bertz CT molecular complexity index is 481. The van der Waals surface area contributed by atoms with Crippen molar-refractivity contribution in [2.45, 2.75) is 57.5 Å². The number of rotatable bonds is 7. The summed E-state index contributed by atoms with van der Waals surface area (Å²) in [6.45, 7) is 6.96. The summed E-state index contributed by atoms with van der Waals surface area (Å²) in [5.74, 6) is 3.40. The topological polar surface area (TPSA) is 59.1 Å². The minimum Gasteiger partial charge on any atom is -0.373 e. The molecule has 21 heavy (non-hydrogen) atoms. The van der Waals surface area contributed by atoms with Gasteiger partial charge in [-0.25, -0.2) is 9.97 Å². The molecule has 1 atom stereocenters. The lowest BCUT2D eigenvalue weighted by molar-refractivity contribution is 0.0314. The van der Waals surface area contributed by atoms with Crippen molar-refractivity contribution >= 4 is 11.6 Å². The smallest absolute Gasteiger partial charge is 0.136 e. The molecule has 1 aromatic rings. The summed E-state index contributed by atoms with van der Waals surface area (Å²) >= 11 is 0. The Hall–Kier alpha value is -1.36. The molecule has 3 rings (SSSR count). The van der Waals surface area contributed by atoms with Gasteiger partial charge in [-0.3, -0.25) is 0 Å². The first-order valence-electron chi connectivity index (χ1n) is 8.19. The minimum absolute atomic E-state index is 0.0539. The summed E-state index contributed by atoms with van der Waals surface area (Å²) < 4.78 is 5.83. The molecule has 1 aromatic heterocycles. The summed E-state index contributed by atoms with van der Waals surface area (Å²) in [5.41, 5.74) is -0.0539. The van der Waals surface area contributed by atoms with E-state index in [1.54, 1.807) is 0 Å². The molecular weight excluding hydrogens is 264 g/mol. The number of hydrogen-bond acceptors (Lipinski definition) is 5. The Morgan fingerprint density at radius 1 is 1.29 bits per heavy atom. The lowest BCUT2D eigenvalue weighted by Crippen LogP contribution is -2.32. The van der Waals surface area contributed by atoms with Crippen molar-refractivity contribution in [2.75, 3.05) is 30.3 Å². The normalized spacial score (nSPS) is 25.0. The highest BCUT2D eigenvalue weighted by Crippen LogP contribution is 2.39. The Labute approximate surface area is 126 Å². The highest BCUT2D eigenvalue weighted by atomic mass is 16.5. The van der Waals surface area contributed by atoms with Gasteiger partial charge in [0.15, 0.2) is 0 Å². The van der Waals surface area contributed by atoms with E-state index in [4.69, 9.17) is 4.74 Å². The van der Waals surface area contributed by atoms with Crippen LogP contribution in [0.2, 0.25) is 0 Å². The number of ether oxygens (including phenoxy) is 1. The molecule has 2 aliphatic rings. The predicted octanol–water partition coefficient (Wildman–Crippen LogP) is 3.16. The molecule has 0 aromatic carbocycles. The van der Waals surface area contributed by atoms with Crippen molar-refractivity contribution in [2.24, 2.45) is 0 Å². The fraction of sp³-hybridized carbons (Fsp3) is 0.750. The van der Waals surface area contributed by atoms with E-state index in [1.807, 2.05) is 6.07 Å². The molecule has 0 radical (unpaired) electrons. The number of nitrogens with zero attached hydrogens (tertiary/aromatic N) is 2. The van der Waals surface area contributed by atoms with E-state index < -0.39 is 0 Å². The average Bonchev–Trinajstić information content (AvgIpc) is 3.26. The molecule has 2 N–H and O–H groups in total. The van der Waals surface area contributed by atoms with Crippen LogP contribution in [-0.2, 0) is 4.74 Å². The van der Waals surface area contributed by atoms with Gasteiger partial charge in [0.25, 0.3) is 0 Å². The quantitative estimate of drug-likeness (QED) is 0.808. The zero-order valence-corrected chi connectivity index (χ0v) is 13.1. The molecular formula is C16H26N4O. The molecule has 1 aliphatic heterocycles. The third-order valence-corrected chi connectivity index (χ3v) is 4.19. The van der Waals surface area contributed by atoms with Gasteiger partial charge in [-0.2, -0.15) is 0 Å². The maximum absolute atomic E-state index is 5.83. The van der Waals surface area contributed by atoms with Crippen molar-refractivity contribution in [3.05, 3.63) is 11.9 Å². The molecule has 1 unspecified atom stereocenters. The van der Waals surface area contributed by atoms with Gasteiger partial charge in [0.05, 0.1) is 5.60 Å². The van der Waals surface area contributed by atoms with Crippen LogP contribution in [-0.4, -0.2) is 35.3 Å². The molecule has 116 valence electrons. The minimum atomic E-state index is -0.0539. The lowest BCUT2D eigenvalue weighted by atomic mass is 10.0. The largest absolute Gasteiger partial charge is 0.373 e. The van der Waals surface area contributed by atoms with E-state index in [2.05, 4.69) is 34.4 Å². The van der Waals surface area contributed by atoms with Gasteiger partial charge in [0, 0.05) is 31.7 Å². The predicted molar refractivity (Wildman–Crippen MR) is 84.9 cm³/mol. The van der Waals surface area contributed by atoms with Gasteiger partial charge in [-0.05, 0) is 39.0 Å². The fourth-order valence-corrected chi connectivity index (χ4v) is 2.68. The van der Waals surface area contributed by atoms with Crippen LogP contribution in [0.4, 0.5) is 11.6 Å². The second-order valence-corrected chi connectivity index (χ2v) is 6.45. The van der Waals surface area contributed by atoms with E-state index in [-0.39, 0.29) is 5.60 Å². The SMILES string of the molecule is CCCNc1cc(NCC2(C)CCCO2)nc(C2CC2)n1. The Morgan fingerprint density at radius 3 is 2.67 bits per heavy atom. The molecule has 0 bridgehead atoms. The summed E-state index contributed by atoms with van der Waals surface area (Å²) in [4.78, 5) is 9.31. The van der Waals surface area contributed by atoms with Crippen LogP contribution in [0.3, 0.4) is 0 Å². The van der Waals surface area contributed by atoms with Gasteiger partial charge in [0.2, 0.25) is 0 Å². The number of hydrogen-bond donors (Lipinski definition) is 2. The molecule has 1 saturated carbocycles. The molecule has 0 spiro atoms. The zero-order chi connectivity index (χ0) is 14.7. The zero-order valence-electron chi connectivity index (χ0n) is 13.1. The second-order valence-electron chi connectivity index (χ2n) is 6.45. The highest BCUT2D eigenvalue weighted by molar-refractivity contribution is 5.48. The van der Waals surface area contributed by atoms with Gasteiger partial charge in [0.1, 0.15) is 17.5 Å². The summed E-state index contributed by atoms with van der Waals surface area (Å²) in [6.07, 6.45) is 5.80. The molecule has 5 nitrogen and oxygen atoms in total. The monoisotopic (exact) mass is 290 g/mol. The van der Waals surface area contributed by atoms with Crippen LogP contribution in [0.25, 0.3) is 0 Å². The first kappa shape index (κ1) is 14.6. The van der Waals surface area contributed by atoms with Gasteiger partial charge < -0.3 is 15.4 Å². The maximum atomic E-state index is 5.83. The first-order valence-corrected chi connectivity index (χ1v) is 8.19. The van der Waals surface area contributed by atoms with Crippen LogP contribution < -0.4 is 10.6 Å². The van der Waals surface area contributed by atoms with Crippen molar-refractivity contribution in [3.63, 3.8) is 0 Å². The highest BCUT2D eigenvalue weighted by Gasteiger charge is 2.30. The van der Waals surface area contributed by atoms with Gasteiger partial charge >= 0.3 is 0 Å². The summed E-state index contributed by atoms with van der Waals surface area (Å²) in [6, 6.07) is 2.01. The molecule has 1 aliphatic carbocycles. The van der Waals surface area contributed by atoms with E-state index in [0.717, 1.165) is 56.4 Å². The Balaban J connectivity index is 1.68. The van der Waals surface area contributed by atoms with Crippen molar-refractivity contribution in [3.8, 4) is 0 Å².